The molecule has 1 aromatic carbocycles. The molecule has 0 aliphatic carbocycles. The number of hydrogen-bond acceptors (Lipinski definition) is 4. The number of amides is 1. The quantitative estimate of drug-likeness (QED) is 0.838. The van der Waals surface area contributed by atoms with Crippen LogP contribution in [0.3, 0.4) is 0 Å². The average molecular weight is 298 g/mol. The van der Waals surface area contributed by atoms with E-state index in [-0.39, 0.29) is 28.2 Å². The smallest absolute Gasteiger partial charge is 0.241 e. The second-order valence-corrected chi connectivity index (χ2v) is 7.05. The highest BCUT2D eigenvalue weighted by molar-refractivity contribution is 7.91. The van der Waals surface area contributed by atoms with Crippen LogP contribution in [0.15, 0.2) is 29.2 Å². The van der Waals surface area contributed by atoms with E-state index in [4.69, 9.17) is 5.73 Å². The molecule has 6 heteroatoms. The van der Waals surface area contributed by atoms with Gasteiger partial charge in [-0.05, 0) is 18.1 Å². The van der Waals surface area contributed by atoms with Crippen molar-refractivity contribution in [2.75, 3.05) is 11.1 Å². The number of carbonyl (C=O) groups is 1. The summed E-state index contributed by atoms with van der Waals surface area (Å²) >= 11 is 0. The van der Waals surface area contributed by atoms with Crippen molar-refractivity contribution in [2.24, 2.45) is 11.7 Å². The zero-order chi connectivity index (χ0) is 15.3. The van der Waals surface area contributed by atoms with Gasteiger partial charge < -0.3 is 11.1 Å². The molecule has 0 saturated carbocycles. The van der Waals surface area contributed by atoms with Gasteiger partial charge in [0, 0.05) is 0 Å². The van der Waals surface area contributed by atoms with E-state index >= 15 is 0 Å². The van der Waals surface area contributed by atoms with Gasteiger partial charge in [0.2, 0.25) is 5.91 Å². The molecule has 2 atom stereocenters. The van der Waals surface area contributed by atoms with Crippen molar-refractivity contribution in [3.05, 3.63) is 24.3 Å². The van der Waals surface area contributed by atoms with Gasteiger partial charge in [0.25, 0.3) is 0 Å². The Labute approximate surface area is 120 Å². The molecule has 3 N–H and O–H groups in total. The first-order valence-electron chi connectivity index (χ1n) is 6.71. The predicted molar refractivity (Wildman–Crippen MR) is 80.2 cm³/mol. The number of nitrogens with one attached hydrogen (secondary N) is 1. The van der Waals surface area contributed by atoms with E-state index in [2.05, 4.69) is 5.32 Å². The monoisotopic (exact) mass is 298 g/mol. The Morgan fingerprint density at radius 1 is 1.30 bits per heavy atom. The van der Waals surface area contributed by atoms with Crippen LogP contribution in [0.2, 0.25) is 0 Å². The molecule has 1 rings (SSSR count). The van der Waals surface area contributed by atoms with Gasteiger partial charge in [0.15, 0.2) is 9.84 Å². The predicted octanol–water partition coefficient (Wildman–Crippen LogP) is 1.79. The number of carbonyl (C=O) groups excluding carboxylic acids is 1. The largest absolute Gasteiger partial charge is 0.324 e. The Morgan fingerprint density at radius 2 is 1.90 bits per heavy atom. The number of para-hydroxylation sites is 1. The van der Waals surface area contributed by atoms with E-state index < -0.39 is 15.9 Å². The van der Waals surface area contributed by atoms with Crippen LogP contribution in [-0.2, 0) is 14.6 Å². The van der Waals surface area contributed by atoms with Crippen LogP contribution in [-0.4, -0.2) is 26.1 Å². The summed E-state index contributed by atoms with van der Waals surface area (Å²) in [4.78, 5) is 12.2. The van der Waals surface area contributed by atoms with Crippen LogP contribution in [0.25, 0.3) is 0 Å². The van der Waals surface area contributed by atoms with Crippen LogP contribution in [0, 0.1) is 5.92 Å². The van der Waals surface area contributed by atoms with Crippen LogP contribution >= 0.6 is 0 Å². The van der Waals surface area contributed by atoms with Crippen molar-refractivity contribution in [3.63, 3.8) is 0 Å². The van der Waals surface area contributed by atoms with E-state index in [0.29, 0.717) is 0 Å². The Kier molecular flexibility index (Phi) is 5.71. The SMILES string of the molecule is CC[C@H](C)[C@H](N)C(=O)Nc1ccccc1S(=O)(=O)CC. The van der Waals surface area contributed by atoms with E-state index in [1.54, 1.807) is 25.1 Å². The van der Waals surface area contributed by atoms with Gasteiger partial charge >= 0.3 is 0 Å². The molecule has 112 valence electrons. The van der Waals surface area contributed by atoms with Crippen LogP contribution < -0.4 is 11.1 Å². The second kappa shape index (κ2) is 6.85. The average Bonchev–Trinajstić information content (AvgIpc) is 2.45. The number of nitrogens with two attached hydrogens (primary N) is 1. The van der Waals surface area contributed by atoms with E-state index in [9.17, 15) is 13.2 Å². The molecule has 0 aliphatic rings. The number of benzene rings is 1. The molecule has 0 aromatic heterocycles. The summed E-state index contributed by atoms with van der Waals surface area (Å²) in [7, 11) is -3.38. The van der Waals surface area contributed by atoms with Crippen molar-refractivity contribution < 1.29 is 13.2 Å². The highest BCUT2D eigenvalue weighted by Crippen LogP contribution is 2.22. The van der Waals surface area contributed by atoms with Crippen molar-refractivity contribution in [2.45, 2.75) is 38.1 Å². The lowest BCUT2D eigenvalue weighted by Crippen LogP contribution is -2.40. The number of hydrogen-bond donors (Lipinski definition) is 2. The van der Waals surface area contributed by atoms with Crippen molar-refractivity contribution in [3.8, 4) is 0 Å². The van der Waals surface area contributed by atoms with Gasteiger partial charge in [-0.3, -0.25) is 4.79 Å². The van der Waals surface area contributed by atoms with Gasteiger partial charge in [-0.25, -0.2) is 8.42 Å². The van der Waals surface area contributed by atoms with E-state index in [1.165, 1.54) is 6.07 Å². The second-order valence-electron chi connectivity index (χ2n) is 4.80. The third kappa shape index (κ3) is 3.80. The van der Waals surface area contributed by atoms with Crippen LogP contribution in [0.4, 0.5) is 5.69 Å². The molecule has 1 aromatic rings. The molecule has 1 amide bonds. The van der Waals surface area contributed by atoms with Crippen molar-refractivity contribution in [1.29, 1.82) is 0 Å². The zero-order valence-electron chi connectivity index (χ0n) is 12.1. The van der Waals surface area contributed by atoms with Crippen LogP contribution in [0.1, 0.15) is 27.2 Å². The Balaban J connectivity index is 3.03. The van der Waals surface area contributed by atoms with Crippen molar-refractivity contribution >= 4 is 21.4 Å². The molecule has 0 unspecified atom stereocenters. The highest BCUT2D eigenvalue weighted by Gasteiger charge is 2.22. The summed E-state index contributed by atoms with van der Waals surface area (Å²) < 4.78 is 24.0. The zero-order valence-corrected chi connectivity index (χ0v) is 12.9. The summed E-state index contributed by atoms with van der Waals surface area (Å²) in [5.74, 6) is -0.347. The maximum Gasteiger partial charge on any atom is 0.241 e. The van der Waals surface area contributed by atoms with Crippen molar-refractivity contribution in [1.82, 2.24) is 0 Å². The maximum absolute atomic E-state index is 12.0. The summed E-state index contributed by atoms with van der Waals surface area (Å²) in [5.41, 5.74) is 6.14. The highest BCUT2D eigenvalue weighted by atomic mass is 32.2. The molecule has 0 radical (unpaired) electrons. The molecule has 0 fully saturated rings. The first kappa shape index (κ1) is 16.7. The Morgan fingerprint density at radius 3 is 2.45 bits per heavy atom. The normalized spacial score (nSPS) is 14.6. The minimum absolute atomic E-state index is 0.0166. The first-order valence-corrected chi connectivity index (χ1v) is 8.37. The molecular formula is C14H22N2O3S. The van der Waals surface area contributed by atoms with E-state index in [1.807, 2.05) is 13.8 Å². The third-order valence-corrected chi connectivity index (χ3v) is 5.21. The molecule has 0 saturated heterocycles. The fourth-order valence-electron chi connectivity index (χ4n) is 1.73. The minimum atomic E-state index is -3.38. The van der Waals surface area contributed by atoms with E-state index in [0.717, 1.165) is 6.42 Å². The van der Waals surface area contributed by atoms with Crippen LogP contribution in [0.5, 0.6) is 0 Å². The molecule has 0 bridgehead atoms. The standard InChI is InChI=1S/C14H22N2O3S/c1-4-10(3)13(15)14(17)16-11-8-6-7-9-12(11)20(18,19)5-2/h6-10,13H,4-5,15H2,1-3H3,(H,16,17)/t10-,13-/m0/s1. The first-order chi connectivity index (χ1) is 9.33. The molecular weight excluding hydrogens is 276 g/mol. The maximum atomic E-state index is 12.0. The molecule has 5 nitrogen and oxygen atoms in total. The summed E-state index contributed by atoms with van der Waals surface area (Å²) in [5, 5.41) is 2.62. The summed E-state index contributed by atoms with van der Waals surface area (Å²) in [6.07, 6.45) is 0.781. The fraction of sp³-hybridized carbons (Fsp3) is 0.500. The van der Waals surface area contributed by atoms with Gasteiger partial charge in [0.1, 0.15) is 0 Å². The molecule has 20 heavy (non-hydrogen) atoms. The third-order valence-electron chi connectivity index (χ3n) is 3.42. The molecule has 0 spiro atoms. The lowest BCUT2D eigenvalue weighted by Gasteiger charge is -2.18. The lowest BCUT2D eigenvalue weighted by molar-refractivity contribution is -0.118. The topological polar surface area (TPSA) is 89.3 Å². The number of anilines is 1. The number of sulfone groups is 1. The molecule has 0 aliphatic heterocycles. The molecule has 0 heterocycles. The summed E-state index contributed by atoms with van der Waals surface area (Å²) in [6.45, 7) is 5.41. The minimum Gasteiger partial charge on any atom is -0.324 e. The lowest BCUT2D eigenvalue weighted by atomic mass is 9.99. The number of rotatable bonds is 6. The summed E-state index contributed by atoms with van der Waals surface area (Å²) in [6, 6.07) is 5.72. The fourth-order valence-corrected chi connectivity index (χ4v) is 2.78. The van der Waals surface area contributed by atoms with Gasteiger partial charge in [-0.15, -0.1) is 0 Å². The van der Waals surface area contributed by atoms with Gasteiger partial charge in [0.05, 0.1) is 22.4 Å². The van der Waals surface area contributed by atoms with Gasteiger partial charge in [-0.1, -0.05) is 39.3 Å². The Bertz CT molecular complexity index is 570. The van der Waals surface area contributed by atoms with Gasteiger partial charge in [-0.2, -0.15) is 0 Å². The Hall–Kier alpha value is -1.40.